The average Bonchev–Trinajstić information content (AvgIpc) is 2.12. The minimum atomic E-state index is -0.247. The van der Waals surface area contributed by atoms with E-state index in [0.29, 0.717) is 3.12 Å². The molecule has 0 heterocycles. The molecular weight excluding hydrogens is 306 g/mol. The molecule has 0 saturated carbocycles. The Morgan fingerprint density at radius 3 is 2.00 bits per heavy atom. The fraction of sp³-hybridized carbons (Fsp3) is 0.556. The van der Waals surface area contributed by atoms with Crippen LogP contribution >= 0.6 is 0 Å². The Labute approximate surface area is 111 Å². The zero-order valence-electron chi connectivity index (χ0n) is 8.07. The summed E-state index contributed by atoms with van der Waals surface area (Å²) >= 11 is -0.247. The maximum atomic E-state index is 2.36. The van der Waals surface area contributed by atoms with Crippen molar-refractivity contribution in [3.63, 3.8) is 0 Å². The molecule has 0 fully saturated rings. The molecule has 0 aromatic carbocycles. The average molecular weight is 320 g/mol. The van der Waals surface area contributed by atoms with Crippen molar-refractivity contribution in [3.05, 3.63) is 21.5 Å². The van der Waals surface area contributed by atoms with Crippen LogP contribution in [0.15, 0.2) is 21.5 Å². The van der Waals surface area contributed by atoms with Crippen LogP contribution in [-0.2, 0) is 23.2 Å². The first-order valence-electron chi connectivity index (χ1n) is 3.72. The van der Waals surface area contributed by atoms with Crippen molar-refractivity contribution < 1.29 is 60.5 Å². The summed E-state index contributed by atoms with van der Waals surface area (Å²) in [6.45, 7) is 7.08. The molecule has 0 aromatic heterocycles. The van der Waals surface area contributed by atoms with Crippen molar-refractivity contribution in [1.29, 1.82) is 0 Å². The van der Waals surface area contributed by atoms with Gasteiger partial charge in [0.05, 0.1) is 0 Å². The predicted octanol–water partition coefficient (Wildman–Crippen LogP) is -5.86. The summed E-state index contributed by atoms with van der Waals surface area (Å²) < 4.78 is 2.37. The number of allylic oxidation sites excluding steroid dienone is 4. The van der Waals surface area contributed by atoms with E-state index in [0.717, 1.165) is 0 Å². The molecule has 1 rings (SSSR count). The van der Waals surface area contributed by atoms with Gasteiger partial charge in [0.2, 0.25) is 0 Å². The van der Waals surface area contributed by atoms with Gasteiger partial charge in [0.1, 0.15) is 0 Å². The second kappa shape index (κ2) is 8.53. The van der Waals surface area contributed by atoms with Crippen LogP contribution < -0.4 is 37.2 Å². The van der Waals surface area contributed by atoms with Crippen molar-refractivity contribution >= 4 is 0 Å². The number of hydrogen-bond donors (Lipinski definition) is 0. The van der Waals surface area contributed by atoms with Crippen LogP contribution in [0.25, 0.3) is 0 Å². The Bertz CT molecular complexity index is 180. The van der Waals surface area contributed by atoms with Gasteiger partial charge in [-0.1, -0.05) is 0 Å². The van der Waals surface area contributed by atoms with E-state index >= 15 is 0 Å². The topological polar surface area (TPSA) is 0 Å². The van der Waals surface area contributed by atoms with Gasteiger partial charge in [0.15, 0.2) is 0 Å². The van der Waals surface area contributed by atoms with E-state index < -0.39 is 0 Å². The SMILES string of the molecule is C[C](C)(C)[Zr+3][C]1=CC=CC1.[Cl-].[Cl-].[Cl-]. The first-order valence-corrected chi connectivity index (χ1v) is 6.18. The minimum absolute atomic E-state index is 0. The second-order valence-electron chi connectivity index (χ2n) is 3.70. The third-order valence-electron chi connectivity index (χ3n) is 1.31. The fourth-order valence-electron chi connectivity index (χ4n) is 1.02. The van der Waals surface area contributed by atoms with Gasteiger partial charge in [-0.2, -0.15) is 0 Å². The Morgan fingerprint density at radius 2 is 1.69 bits per heavy atom. The number of rotatable bonds is 1. The largest absolute Gasteiger partial charge is 1.00 e. The summed E-state index contributed by atoms with van der Waals surface area (Å²) in [7, 11) is 0. The van der Waals surface area contributed by atoms with Crippen LogP contribution in [0.5, 0.6) is 0 Å². The van der Waals surface area contributed by atoms with Crippen LogP contribution in [0.3, 0.4) is 0 Å². The molecule has 0 radical (unpaired) electrons. The Hall–Kier alpha value is 1.23. The molecule has 0 nitrogen and oxygen atoms in total. The molecule has 0 aliphatic heterocycles. The summed E-state index contributed by atoms with van der Waals surface area (Å²) in [5.74, 6) is 0. The van der Waals surface area contributed by atoms with Gasteiger partial charge in [-0.15, -0.1) is 0 Å². The van der Waals surface area contributed by atoms with Crippen LogP contribution in [0.4, 0.5) is 0 Å². The molecular formula is C9H14Cl3Zr. The summed E-state index contributed by atoms with van der Waals surface area (Å²) in [6.07, 6.45) is 8.03. The predicted molar refractivity (Wildman–Crippen MR) is 41.6 cm³/mol. The molecule has 0 spiro atoms. The summed E-state index contributed by atoms with van der Waals surface area (Å²) in [4.78, 5) is 0. The summed E-state index contributed by atoms with van der Waals surface area (Å²) in [5.41, 5.74) is 0. The molecule has 0 unspecified atom stereocenters. The number of hydrogen-bond acceptors (Lipinski definition) is 0. The standard InChI is InChI=1S/C5H5.C4H9.3ClH.Zr/c1-2-4-5-3-1;1-4(2)3;;;;/h1-3H,4H2;1-3H3;3*1H;/q;;;;;+3/p-3. The molecule has 0 saturated heterocycles. The van der Waals surface area contributed by atoms with Crippen molar-refractivity contribution in [1.82, 2.24) is 0 Å². The van der Waals surface area contributed by atoms with Crippen molar-refractivity contribution in [2.75, 3.05) is 0 Å². The van der Waals surface area contributed by atoms with Gasteiger partial charge in [0, 0.05) is 0 Å². The van der Waals surface area contributed by atoms with Crippen molar-refractivity contribution in [2.24, 2.45) is 0 Å². The summed E-state index contributed by atoms with van der Waals surface area (Å²) in [5, 5.41) is 0. The van der Waals surface area contributed by atoms with Gasteiger partial charge in [-0.25, -0.2) is 0 Å². The third kappa shape index (κ3) is 9.54. The quantitative estimate of drug-likeness (QED) is 0.452. The zero-order chi connectivity index (χ0) is 7.61. The van der Waals surface area contributed by atoms with Gasteiger partial charge in [0.25, 0.3) is 0 Å². The third-order valence-corrected chi connectivity index (χ3v) is 4.85. The van der Waals surface area contributed by atoms with Crippen LogP contribution in [-0.4, -0.2) is 0 Å². The van der Waals surface area contributed by atoms with E-state index in [1.54, 1.807) is 3.28 Å². The van der Waals surface area contributed by atoms with Crippen molar-refractivity contribution in [2.45, 2.75) is 30.3 Å². The van der Waals surface area contributed by atoms with E-state index in [9.17, 15) is 0 Å². The molecule has 0 aromatic rings. The first-order chi connectivity index (χ1) is 4.58. The molecule has 1 aliphatic rings. The van der Waals surface area contributed by atoms with E-state index in [4.69, 9.17) is 0 Å². The molecule has 0 N–H and O–H groups in total. The van der Waals surface area contributed by atoms with E-state index in [-0.39, 0.29) is 60.5 Å². The molecule has 75 valence electrons. The zero-order valence-corrected chi connectivity index (χ0v) is 12.8. The Morgan fingerprint density at radius 1 is 1.15 bits per heavy atom. The monoisotopic (exact) mass is 317 g/mol. The molecule has 0 amide bonds. The maximum absolute atomic E-state index is 2.36. The second-order valence-corrected chi connectivity index (χ2v) is 9.58. The first kappa shape index (κ1) is 19.8. The van der Waals surface area contributed by atoms with E-state index in [2.05, 4.69) is 39.0 Å². The smallest absolute Gasteiger partial charge is 1.00 e. The van der Waals surface area contributed by atoms with Gasteiger partial charge >= 0.3 is 75.1 Å². The molecule has 1 aliphatic carbocycles. The molecule has 0 atom stereocenters. The number of halogens is 3. The van der Waals surface area contributed by atoms with Gasteiger partial charge in [-0.3, -0.25) is 0 Å². The Balaban J connectivity index is -0.000000333. The fourth-order valence-corrected chi connectivity index (χ4v) is 4.37. The van der Waals surface area contributed by atoms with Crippen LogP contribution in [0, 0.1) is 0 Å². The van der Waals surface area contributed by atoms with E-state index in [1.807, 2.05) is 0 Å². The summed E-state index contributed by atoms with van der Waals surface area (Å²) in [6, 6.07) is 0. The maximum Gasteiger partial charge on any atom is -1.00 e. The Kier molecular flexibility index (Phi) is 13.0. The van der Waals surface area contributed by atoms with Gasteiger partial charge in [-0.05, 0) is 0 Å². The van der Waals surface area contributed by atoms with Gasteiger partial charge < -0.3 is 37.2 Å². The molecule has 4 heteroatoms. The van der Waals surface area contributed by atoms with Crippen LogP contribution in [0.2, 0.25) is 3.12 Å². The van der Waals surface area contributed by atoms with Crippen molar-refractivity contribution in [3.8, 4) is 0 Å². The van der Waals surface area contributed by atoms with E-state index in [1.165, 1.54) is 6.42 Å². The van der Waals surface area contributed by atoms with Crippen LogP contribution in [0.1, 0.15) is 27.2 Å². The molecule has 13 heavy (non-hydrogen) atoms. The normalized spacial score (nSPS) is 13.0. The molecule has 0 bridgehead atoms. The minimum Gasteiger partial charge on any atom is -1.00 e.